The zero-order valence-corrected chi connectivity index (χ0v) is 15.0. The van der Waals surface area contributed by atoms with Crippen molar-refractivity contribution in [1.29, 1.82) is 10.5 Å². The van der Waals surface area contributed by atoms with Gasteiger partial charge >= 0.3 is 0 Å². The summed E-state index contributed by atoms with van der Waals surface area (Å²) in [5.41, 5.74) is 6.69. The summed E-state index contributed by atoms with van der Waals surface area (Å²) in [6, 6.07) is 9.60. The summed E-state index contributed by atoms with van der Waals surface area (Å²) in [6.45, 7) is 5.76. The van der Waals surface area contributed by atoms with Crippen molar-refractivity contribution in [3.8, 4) is 23.6 Å². The number of nitrogens with zero attached hydrogens (tertiary/aromatic N) is 2. The summed E-state index contributed by atoms with van der Waals surface area (Å²) < 4.78 is 16.5. The highest BCUT2D eigenvalue weighted by Crippen LogP contribution is 2.48. The molecule has 1 heterocycles. The van der Waals surface area contributed by atoms with Gasteiger partial charge in [-0.1, -0.05) is 32.9 Å². The molecule has 0 unspecified atom stereocenters. The number of methoxy groups -OCH3 is 2. The van der Waals surface area contributed by atoms with Crippen molar-refractivity contribution in [2.45, 2.75) is 26.7 Å². The lowest BCUT2D eigenvalue weighted by molar-refractivity contribution is 0.199. The van der Waals surface area contributed by atoms with Gasteiger partial charge in [-0.15, -0.1) is 0 Å². The second kappa shape index (κ2) is 6.78. The van der Waals surface area contributed by atoms with E-state index in [0.717, 1.165) is 0 Å². The highest BCUT2D eigenvalue weighted by molar-refractivity contribution is 5.60. The van der Waals surface area contributed by atoms with E-state index in [2.05, 4.69) is 12.1 Å². The molecule has 1 aliphatic heterocycles. The maximum Gasteiger partial charge on any atom is 0.205 e. The minimum absolute atomic E-state index is 0.00120. The van der Waals surface area contributed by atoms with Gasteiger partial charge in [0.15, 0.2) is 11.5 Å². The van der Waals surface area contributed by atoms with Crippen LogP contribution in [0.4, 0.5) is 0 Å². The molecule has 2 rings (SSSR count). The molecule has 130 valence electrons. The summed E-state index contributed by atoms with van der Waals surface area (Å²) in [6.07, 6.45) is 0. The fraction of sp³-hybridized carbons (Fsp3) is 0.368. The first-order valence-electron chi connectivity index (χ1n) is 7.73. The SMILES string of the molecule is COc1cccc([C@H]2C(C#N)=C(N)OC(C(C)(C)C)=C2C#N)c1OC. The molecule has 1 atom stereocenters. The molecule has 2 N–H and O–H groups in total. The van der Waals surface area contributed by atoms with Crippen LogP contribution < -0.4 is 15.2 Å². The topological polar surface area (TPSA) is 101 Å². The average molecular weight is 339 g/mol. The van der Waals surface area contributed by atoms with Crippen molar-refractivity contribution >= 4 is 0 Å². The van der Waals surface area contributed by atoms with Gasteiger partial charge < -0.3 is 19.9 Å². The van der Waals surface area contributed by atoms with Crippen LogP contribution >= 0.6 is 0 Å². The van der Waals surface area contributed by atoms with Gasteiger partial charge in [-0.25, -0.2) is 0 Å². The zero-order valence-electron chi connectivity index (χ0n) is 15.0. The number of allylic oxidation sites excluding steroid dienone is 3. The predicted molar refractivity (Wildman–Crippen MR) is 92.3 cm³/mol. The first kappa shape index (κ1) is 18.2. The second-order valence-corrected chi connectivity index (χ2v) is 6.61. The van der Waals surface area contributed by atoms with E-state index in [9.17, 15) is 10.5 Å². The van der Waals surface area contributed by atoms with E-state index in [1.54, 1.807) is 18.2 Å². The zero-order chi connectivity index (χ0) is 18.8. The molecule has 0 saturated heterocycles. The van der Waals surface area contributed by atoms with Gasteiger partial charge in [0.25, 0.3) is 0 Å². The van der Waals surface area contributed by atoms with Gasteiger partial charge in [0.2, 0.25) is 5.88 Å². The maximum absolute atomic E-state index is 9.81. The third-order valence-corrected chi connectivity index (χ3v) is 3.97. The summed E-state index contributed by atoms with van der Waals surface area (Å²) >= 11 is 0. The Bertz CT molecular complexity index is 833. The van der Waals surface area contributed by atoms with E-state index < -0.39 is 11.3 Å². The average Bonchev–Trinajstić information content (AvgIpc) is 2.58. The summed E-state index contributed by atoms with van der Waals surface area (Å²) in [7, 11) is 3.04. The van der Waals surface area contributed by atoms with Crippen LogP contribution in [0.5, 0.6) is 11.5 Å². The summed E-state index contributed by atoms with van der Waals surface area (Å²) in [5, 5.41) is 19.4. The van der Waals surface area contributed by atoms with Crippen molar-refractivity contribution in [3.05, 3.63) is 46.6 Å². The fourth-order valence-corrected chi connectivity index (χ4v) is 2.88. The van der Waals surface area contributed by atoms with Gasteiger partial charge in [0.1, 0.15) is 17.4 Å². The highest BCUT2D eigenvalue weighted by atomic mass is 16.5. The van der Waals surface area contributed by atoms with E-state index in [1.165, 1.54) is 14.2 Å². The Labute approximate surface area is 147 Å². The van der Waals surface area contributed by atoms with Crippen LogP contribution in [0.2, 0.25) is 0 Å². The minimum atomic E-state index is -0.678. The van der Waals surface area contributed by atoms with Crippen molar-refractivity contribution in [2.75, 3.05) is 14.2 Å². The Kier molecular flexibility index (Phi) is 4.94. The second-order valence-electron chi connectivity index (χ2n) is 6.61. The molecule has 0 spiro atoms. The number of benzene rings is 1. The lowest BCUT2D eigenvalue weighted by Crippen LogP contribution is -2.26. The van der Waals surface area contributed by atoms with Crippen LogP contribution in [0.1, 0.15) is 32.3 Å². The van der Waals surface area contributed by atoms with Crippen molar-refractivity contribution in [1.82, 2.24) is 0 Å². The quantitative estimate of drug-likeness (QED) is 0.906. The standard InChI is InChI=1S/C19H21N3O3/c1-19(2,3)17-12(9-20)15(13(10-21)18(22)25-17)11-7-6-8-14(23-4)16(11)24-5/h6-8,15H,22H2,1-5H3/t15-/m1/s1. The van der Waals surface area contributed by atoms with Crippen molar-refractivity contribution in [3.63, 3.8) is 0 Å². The largest absolute Gasteiger partial charge is 0.493 e. The van der Waals surface area contributed by atoms with E-state index in [0.29, 0.717) is 28.4 Å². The van der Waals surface area contributed by atoms with Crippen LogP contribution in [0.15, 0.2) is 41.0 Å². The Balaban J connectivity index is 2.84. The third-order valence-electron chi connectivity index (χ3n) is 3.97. The molecular formula is C19H21N3O3. The molecule has 0 aromatic heterocycles. The van der Waals surface area contributed by atoms with Gasteiger partial charge in [-0.3, -0.25) is 0 Å². The Morgan fingerprint density at radius 3 is 2.20 bits per heavy atom. The molecule has 0 amide bonds. The number of hydrogen-bond donors (Lipinski definition) is 1. The third kappa shape index (κ3) is 3.12. The predicted octanol–water partition coefficient (Wildman–Crippen LogP) is 3.34. The molecule has 1 aromatic rings. The maximum atomic E-state index is 9.81. The number of nitrogens with two attached hydrogens (primary N) is 1. The Morgan fingerprint density at radius 2 is 1.72 bits per heavy atom. The number of nitriles is 2. The first-order chi connectivity index (χ1) is 11.8. The molecular weight excluding hydrogens is 318 g/mol. The molecule has 6 nitrogen and oxygen atoms in total. The van der Waals surface area contributed by atoms with Crippen LogP contribution in [0.3, 0.4) is 0 Å². The first-order valence-corrected chi connectivity index (χ1v) is 7.73. The van der Waals surface area contributed by atoms with Crippen molar-refractivity contribution in [2.24, 2.45) is 11.1 Å². The molecule has 0 fully saturated rings. The van der Waals surface area contributed by atoms with Crippen LogP contribution in [-0.2, 0) is 4.74 Å². The monoisotopic (exact) mass is 339 g/mol. The number of para-hydroxylation sites is 1. The summed E-state index contributed by atoms with van der Waals surface area (Å²) in [5.74, 6) is 0.737. The smallest absolute Gasteiger partial charge is 0.205 e. The minimum Gasteiger partial charge on any atom is -0.493 e. The van der Waals surface area contributed by atoms with Gasteiger partial charge in [0.05, 0.1) is 31.8 Å². The van der Waals surface area contributed by atoms with Crippen LogP contribution in [0.25, 0.3) is 0 Å². The lowest BCUT2D eigenvalue weighted by Gasteiger charge is -2.32. The number of ether oxygens (including phenoxy) is 3. The van der Waals surface area contributed by atoms with E-state index >= 15 is 0 Å². The van der Waals surface area contributed by atoms with Gasteiger partial charge in [-0.05, 0) is 6.07 Å². The molecule has 0 saturated carbocycles. The fourth-order valence-electron chi connectivity index (χ4n) is 2.88. The normalized spacial score (nSPS) is 17.5. The number of rotatable bonds is 3. The number of hydrogen-bond acceptors (Lipinski definition) is 6. The molecule has 0 bridgehead atoms. The van der Waals surface area contributed by atoms with Crippen LogP contribution in [-0.4, -0.2) is 14.2 Å². The Morgan fingerprint density at radius 1 is 1.08 bits per heavy atom. The van der Waals surface area contributed by atoms with E-state index in [1.807, 2.05) is 20.8 Å². The van der Waals surface area contributed by atoms with E-state index in [4.69, 9.17) is 19.9 Å². The van der Waals surface area contributed by atoms with Gasteiger partial charge in [-0.2, -0.15) is 10.5 Å². The van der Waals surface area contributed by atoms with Gasteiger partial charge in [0, 0.05) is 11.0 Å². The molecule has 0 aliphatic carbocycles. The van der Waals surface area contributed by atoms with Crippen LogP contribution in [0, 0.1) is 28.1 Å². The molecule has 6 heteroatoms. The lowest BCUT2D eigenvalue weighted by atomic mass is 9.78. The summed E-state index contributed by atoms with van der Waals surface area (Å²) in [4.78, 5) is 0. The molecule has 1 aromatic carbocycles. The van der Waals surface area contributed by atoms with Crippen molar-refractivity contribution < 1.29 is 14.2 Å². The Hall–Kier alpha value is -3.12. The molecule has 1 aliphatic rings. The van der Waals surface area contributed by atoms with E-state index in [-0.39, 0.29) is 11.5 Å². The highest BCUT2D eigenvalue weighted by Gasteiger charge is 2.39. The molecule has 25 heavy (non-hydrogen) atoms. The molecule has 0 radical (unpaired) electrons.